The number of nitrogens with zero attached hydrogens (tertiary/aromatic N) is 2. The number of hydrogen-bond donors (Lipinski definition) is 2. The molecular weight excluding hydrogens is 286 g/mol. The van der Waals surface area contributed by atoms with Crippen LogP contribution in [0.25, 0.3) is 0 Å². The minimum atomic E-state index is -1.05. The average molecular weight is 301 g/mol. The van der Waals surface area contributed by atoms with E-state index in [9.17, 15) is 14.7 Å². The van der Waals surface area contributed by atoms with Gasteiger partial charge < -0.3 is 15.3 Å². The summed E-state index contributed by atoms with van der Waals surface area (Å²) in [6, 6.07) is -0.257. The fraction of sp³-hybridized carbons (Fsp3) is 0.545. The van der Waals surface area contributed by atoms with Crippen molar-refractivity contribution < 1.29 is 14.7 Å². The second-order valence-corrected chi connectivity index (χ2v) is 6.13. The van der Waals surface area contributed by atoms with Gasteiger partial charge in [0.05, 0.1) is 11.7 Å². The maximum atomic E-state index is 12.3. The number of nitrogens with one attached hydrogen (secondary N) is 1. The van der Waals surface area contributed by atoms with E-state index in [4.69, 9.17) is 0 Å². The van der Waals surface area contributed by atoms with Gasteiger partial charge in [0.2, 0.25) is 5.91 Å². The Balaban J connectivity index is 2.21. The van der Waals surface area contributed by atoms with Crippen molar-refractivity contribution in [1.82, 2.24) is 9.69 Å². The molecular formula is C11H15N3O3S2. The molecule has 0 spiro atoms. The molecule has 1 aromatic heterocycles. The number of carboxylic acids is 1. The number of aromatic nitrogens is 1. The van der Waals surface area contributed by atoms with E-state index < -0.39 is 5.97 Å². The predicted molar refractivity (Wildman–Crippen MR) is 76.3 cm³/mol. The molecule has 2 N–H and O–H groups in total. The quantitative estimate of drug-likeness (QED) is 0.860. The van der Waals surface area contributed by atoms with Crippen LogP contribution in [-0.2, 0) is 4.79 Å². The van der Waals surface area contributed by atoms with Gasteiger partial charge in [-0.3, -0.25) is 4.79 Å². The number of likely N-dealkylation sites (N-methyl/N-ethyl adjacent to an activating group) is 1. The zero-order chi connectivity index (χ0) is 14.0. The summed E-state index contributed by atoms with van der Waals surface area (Å²) in [4.78, 5) is 24.9. The summed E-state index contributed by atoms with van der Waals surface area (Å²) in [5, 5.41) is 12.7. The number of carbonyl (C=O) groups is 2. The third-order valence-corrected chi connectivity index (χ3v) is 4.99. The SMILES string of the molecule is Cc1nsc(N(C)C(=O)C2CSCCN2)c1C(=O)O. The van der Waals surface area contributed by atoms with E-state index in [1.54, 1.807) is 25.7 Å². The van der Waals surface area contributed by atoms with Crippen molar-refractivity contribution in [1.29, 1.82) is 0 Å². The predicted octanol–water partition coefficient (Wildman–Crippen LogP) is 0.818. The first kappa shape index (κ1) is 14.3. The molecule has 104 valence electrons. The van der Waals surface area contributed by atoms with Crippen molar-refractivity contribution in [3.8, 4) is 0 Å². The molecule has 1 fully saturated rings. The van der Waals surface area contributed by atoms with Gasteiger partial charge in [0.1, 0.15) is 10.6 Å². The average Bonchev–Trinajstić information content (AvgIpc) is 2.80. The second-order valence-electron chi connectivity index (χ2n) is 4.23. The number of aryl methyl sites for hydroxylation is 1. The molecule has 6 nitrogen and oxygen atoms in total. The number of carboxylic acid groups (broad SMARTS) is 1. The van der Waals surface area contributed by atoms with E-state index >= 15 is 0 Å². The first-order chi connectivity index (χ1) is 9.02. The van der Waals surface area contributed by atoms with Crippen LogP contribution < -0.4 is 10.2 Å². The fourth-order valence-electron chi connectivity index (χ4n) is 1.89. The molecule has 1 aromatic rings. The highest BCUT2D eigenvalue weighted by Crippen LogP contribution is 2.28. The third-order valence-electron chi connectivity index (χ3n) is 2.91. The molecule has 0 aliphatic carbocycles. The standard InChI is InChI=1S/C11H15N3O3S2/c1-6-8(11(16)17)10(19-13-6)14(2)9(15)7-5-18-4-3-12-7/h7,12H,3-5H2,1-2H3,(H,16,17). The smallest absolute Gasteiger partial charge is 0.340 e. The van der Waals surface area contributed by atoms with Gasteiger partial charge in [-0.05, 0) is 18.5 Å². The van der Waals surface area contributed by atoms with Crippen LogP contribution in [0.1, 0.15) is 16.1 Å². The van der Waals surface area contributed by atoms with Crippen LogP contribution in [0, 0.1) is 6.92 Å². The van der Waals surface area contributed by atoms with Crippen molar-refractivity contribution in [2.45, 2.75) is 13.0 Å². The van der Waals surface area contributed by atoms with Gasteiger partial charge in [-0.15, -0.1) is 0 Å². The van der Waals surface area contributed by atoms with E-state index in [0.717, 1.165) is 23.8 Å². The Morgan fingerprint density at radius 1 is 1.53 bits per heavy atom. The van der Waals surface area contributed by atoms with E-state index in [-0.39, 0.29) is 17.5 Å². The number of hydrogen-bond acceptors (Lipinski definition) is 6. The van der Waals surface area contributed by atoms with Crippen LogP contribution in [0.2, 0.25) is 0 Å². The summed E-state index contributed by atoms with van der Waals surface area (Å²) in [6.45, 7) is 2.43. The molecule has 0 bridgehead atoms. The van der Waals surface area contributed by atoms with Crippen LogP contribution in [0.4, 0.5) is 5.00 Å². The number of amides is 1. The van der Waals surface area contributed by atoms with Gasteiger partial charge >= 0.3 is 5.97 Å². The molecule has 2 heterocycles. The fourth-order valence-corrected chi connectivity index (χ4v) is 3.67. The monoisotopic (exact) mass is 301 g/mol. The van der Waals surface area contributed by atoms with Gasteiger partial charge in [-0.25, -0.2) is 4.79 Å². The Bertz CT molecular complexity index is 497. The number of rotatable bonds is 3. The maximum absolute atomic E-state index is 12.3. The lowest BCUT2D eigenvalue weighted by Gasteiger charge is -2.26. The van der Waals surface area contributed by atoms with Crippen molar-refractivity contribution in [3.05, 3.63) is 11.3 Å². The molecule has 0 aromatic carbocycles. The molecule has 0 saturated carbocycles. The van der Waals surface area contributed by atoms with Crippen LogP contribution in [-0.4, -0.2) is 52.5 Å². The topological polar surface area (TPSA) is 82.5 Å². The van der Waals surface area contributed by atoms with Crippen LogP contribution in [0.5, 0.6) is 0 Å². The van der Waals surface area contributed by atoms with Crippen molar-refractivity contribution in [2.24, 2.45) is 0 Å². The summed E-state index contributed by atoms with van der Waals surface area (Å²) in [5.41, 5.74) is 0.558. The molecule has 2 rings (SSSR count). The lowest BCUT2D eigenvalue weighted by atomic mass is 10.2. The number of carbonyl (C=O) groups excluding carboxylic acids is 1. The van der Waals surface area contributed by atoms with Crippen LogP contribution in [0.3, 0.4) is 0 Å². The van der Waals surface area contributed by atoms with Gasteiger partial charge in [0, 0.05) is 25.1 Å². The van der Waals surface area contributed by atoms with E-state index in [1.165, 1.54) is 4.90 Å². The van der Waals surface area contributed by atoms with Crippen molar-refractivity contribution in [2.75, 3.05) is 30.0 Å². The molecule has 1 atom stereocenters. The highest BCUT2D eigenvalue weighted by Gasteiger charge is 2.29. The molecule has 0 radical (unpaired) electrons. The third kappa shape index (κ3) is 2.90. The molecule has 1 unspecified atom stereocenters. The summed E-state index contributed by atoms with van der Waals surface area (Å²) >= 11 is 2.77. The van der Waals surface area contributed by atoms with E-state index in [0.29, 0.717) is 16.4 Å². The summed E-state index contributed by atoms with van der Waals surface area (Å²) in [7, 11) is 1.60. The molecule has 1 saturated heterocycles. The van der Waals surface area contributed by atoms with Crippen molar-refractivity contribution in [3.63, 3.8) is 0 Å². The zero-order valence-electron chi connectivity index (χ0n) is 10.7. The van der Waals surface area contributed by atoms with Gasteiger partial charge in [-0.2, -0.15) is 16.1 Å². The number of anilines is 1. The molecule has 19 heavy (non-hydrogen) atoms. The maximum Gasteiger partial charge on any atom is 0.340 e. The normalized spacial score (nSPS) is 19.2. The minimum Gasteiger partial charge on any atom is -0.478 e. The van der Waals surface area contributed by atoms with E-state index in [2.05, 4.69) is 9.69 Å². The molecule has 1 amide bonds. The van der Waals surface area contributed by atoms with Crippen molar-refractivity contribution >= 4 is 40.2 Å². The Kier molecular flexibility index (Phi) is 4.43. The lowest BCUT2D eigenvalue weighted by molar-refractivity contribution is -0.119. The minimum absolute atomic E-state index is 0.113. The highest BCUT2D eigenvalue weighted by molar-refractivity contribution is 7.99. The number of thioether (sulfide) groups is 1. The van der Waals surface area contributed by atoms with Crippen LogP contribution >= 0.6 is 23.3 Å². The summed E-state index contributed by atoms with van der Waals surface area (Å²) in [6.07, 6.45) is 0. The second kappa shape index (κ2) is 5.89. The Morgan fingerprint density at radius 2 is 2.26 bits per heavy atom. The first-order valence-corrected chi connectivity index (χ1v) is 7.73. The van der Waals surface area contributed by atoms with Gasteiger partial charge in [-0.1, -0.05) is 0 Å². The summed E-state index contributed by atoms with van der Waals surface area (Å²) in [5.74, 6) is 0.543. The zero-order valence-corrected chi connectivity index (χ0v) is 12.3. The molecule has 8 heteroatoms. The van der Waals surface area contributed by atoms with Gasteiger partial charge in [0.25, 0.3) is 0 Å². The summed E-state index contributed by atoms with van der Waals surface area (Å²) < 4.78 is 4.03. The molecule has 1 aliphatic rings. The Labute approximate surface area is 119 Å². The number of aromatic carboxylic acids is 1. The largest absolute Gasteiger partial charge is 0.478 e. The lowest BCUT2D eigenvalue weighted by Crippen LogP contribution is -2.49. The van der Waals surface area contributed by atoms with Crippen LogP contribution in [0.15, 0.2) is 0 Å². The Morgan fingerprint density at radius 3 is 2.84 bits per heavy atom. The molecule has 1 aliphatic heterocycles. The highest BCUT2D eigenvalue weighted by atomic mass is 32.2. The van der Waals surface area contributed by atoms with E-state index in [1.807, 2.05) is 0 Å². The van der Waals surface area contributed by atoms with Gasteiger partial charge in [0.15, 0.2) is 0 Å². The Hall–Kier alpha value is -1.12. The first-order valence-electron chi connectivity index (χ1n) is 5.80.